The highest BCUT2D eigenvalue weighted by atomic mass is 32.1. The van der Waals surface area contributed by atoms with Gasteiger partial charge < -0.3 is 4.90 Å². The number of nitrogens with one attached hydrogen (secondary N) is 1. The Labute approximate surface area is 152 Å². The van der Waals surface area contributed by atoms with Crippen molar-refractivity contribution in [1.29, 1.82) is 0 Å². The molecule has 7 nitrogen and oxygen atoms in total. The van der Waals surface area contributed by atoms with Gasteiger partial charge in [-0.1, -0.05) is 12.1 Å². The molecule has 0 aliphatic carbocycles. The normalized spacial score (nSPS) is 11.3. The zero-order chi connectivity index (χ0) is 18.4. The minimum atomic E-state index is -0.313. The topological polar surface area (TPSA) is 83.9 Å². The van der Waals surface area contributed by atoms with Crippen LogP contribution >= 0.6 is 11.3 Å². The second-order valence-electron chi connectivity index (χ2n) is 6.25. The quantitative estimate of drug-likeness (QED) is 0.603. The fourth-order valence-electron chi connectivity index (χ4n) is 3.02. The SMILES string of the molecule is Cc1cc(C(=O)N(C)Cc2nc3ccccc3s2)c2c(=O)[nH]n(C)c2n1. The molecular formula is C18H17N5O2S. The molecule has 3 aromatic heterocycles. The fourth-order valence-corrected chi connectivity index (χ4v) is 4.04. The molecule has 3 heterocycles. The molecule has 0 fully saturated rings. The molecule has 1 amide bonds. The summed E-state index contributed by atoms with van der Waals surface area (Å²) < 4.78 is 2.62. The van der Waals surface area contributed by atoms with Crippen molar-refractivity contribution in [2.75, 3.05) is 7.05 Å². The number of H-pyrrole nitrogens is 1. The van der Waals surface area contributed by atoms with Crippen molar-refractivity contribution in [3.8, 4) is 0 Å². The van der Waals surface area contributed by atoms with Crippen LogP contribution in [-0.2, 0) is 13.6 Å². The van der Waals surface area contributed by atoms with Gasteiger partial charge in [0.25, 0.3) is 11.5 Å². The van der Waals surface area contributed by atoms with Crippen LogP contribution in [0.25, 0.3) is 21.3 Å². The van der Waals surface area contributed by atoms with Crippen LogP contribution in [-0.4, -0.2) is 37.6 Å². The van der Waals surface area contributed by atoms with Crippen molar-refractivity contribution in [1.82, 2.24) is 24.6 Å². The maximum Gasteiger partial charge on any atom is 0.274 e. The Bertz CT molecular complexity index is 1170. The summed E-state index contributed by atoms with van der Waals surface area (Å²) in [6, 6.07) is 9.54. The minimum Gasteiger partial charge on any atom is -0.335 e. The zero-order valence-electron chi connectivity index (χ0n) is 14.6. The van der Waals surface area contributed by atoms with Crippen molar-refractivity contribution in [2.45, 2.75) is 13.5 Å². The molecule has 0 atom stereocenters. The Morgan fingerprint density at radius 2 is 2.08 bits per heavy atom. The lowest BCUT2D eigenvalue weighted by molar-refractivity contribution is 0.0786. The first kappa shape index (κ1) is 16.5. The van der Waals surface area contributed by atoms with Crippen molar-refractivity contribution in [2.24, 2.45) is 7.05 Å². The van der Waals surface area contributed by atoms with Gasteiger partial charge in [0.1, 0.15) is 5.01 Å². The van der Waals surface area contributed by atoms with Gasteiger partial charge in [-0.25, -0.2) is 9.97 Å². The lowest BCUT2D eigenvalue weighted by atomic mass is 10.1. The Morgan fingerprint density at radius 1 is 1.31 bits per heavy atom. The van der Waals surface area contributed by atoms with Crippen LogP contribution in [0.2, 0.25) is 0 Å². The van der Waals surface area contributed by atoms with Gasteiger partial charge >= 0.3 is 0 Å². The molecule has 4 aromatic rings. The van der Waals surface area contributed by atoms with E-state index in [1.54, 1.807) is 43.3 Å². The number of para-hydroxylation sites is 1. The third-order valence-corrected chi connectivity index (χ3v) is 5.25. The first-order valence-corrected chi connectivity index (χ1v) is 8.92. The van der Waals surface area contributed by atoms with Crippen LogP contribution in [0.3, 0.4) is 0 Å². The summed E-state index contributed by atoms with van der Waals surface area (Å²) in [6.07, 6.45) is 0. The van der Waals surface area contributed by atoms with Crippen LogP contribution in [0.4, 0.5) is 0 Å². The van der Waals surface area contributed by atoms with Crippen molar-refractivity contribution in [3.05, 3.63) is 57.0 Å². The van der Waals surface area contributed by atoms with Crippen LogP contribution in [0.5, 0.6) is 0 Å². The molecule has 0 unspecified atom stereocenters. The van der Waals surface area contributed by atoms with E-state index in [-0.39, 0.29) is 11.5 Å². The number of hydrogen-bond donors (Lipinski definition) is 1. The third kappa shape index (κ3) is 2.68. The van der Waals surface area contributed by atoms with E-state index in [1.807, 2.05) is 24.3 Å². The van der Waals surface area contributed by atoms with Crippen molar-refractivity contribution >= 4 is 38.5 Å². The number of amides is 1. The van der Waals surface area contributed by atoms with Crippen LogP contribution in [0, 0.1) is 6.92 Å². The number of aromatic amines is 1. The van der Waals surface area contributed by atoms with Gasteiger partial charge in [-0.2, -0.15) is 0 Å². The summed E-state index contributed by atoms with van der Waals surface area (Å²) in [5.41, 5.74) is 2.13. The second-order valence-corrected chi connectivity index (χ2v) is 7.36. The number of aromatic nitrogens is 4. The van der Waals surface area contributed by atoms with E-state index in [1.165, 1.54) is 4.68 Å². The van der Waals surface area contributed by atoms with E-state index in [2.05, 4.69) is 15.1 Å². The number of hydrogen-bond acceptors (Lipinski definition) is 5. The predicted molar refractivity (Wildman–Crippen MR) is 101 cm³/mol. The molecule has 4 rings (SSSR count). The van der Waals surface area contributed by atoms with Gasteiger partial charge in [0.15, 0.2) is 5.65 Å². The van der Waals surface area contributed by atoms with Crippen molar-refractivity contribution in [3.63, 3.8) is 0 Å². The first-order chi connectivity index (χ1) is 12.4. The average molecular weight is 367 g/mol. The van der Waals surface area contributed by atoms with Crippen molar-refractivity contribution < 1.29 is 4.79 Å². The summed E-state index contributed by atoms with van der Waals surface area (Å²) in [7, 11) is 3.42. The molecule has 0 saturated heterocycles. The Kier molecular flexibility index (Phi) is 3.84. The number of carbonyl (C=O) groups excluding carboxylic acids is 1. The molecule has 0 saturated carbocycles. The average Bonchev–Trinajstić information content (AvgIpc) is 3.13. The minimum absolute atomic E-state index is 0.226. The highest BCUT2D eigenvalue weighted by molar-refractivity contribution is 7.18. The third-order valence-electron chi connectivity index (χ3n) is 4.23. The lowest BCUT2D eigenvalue weighted by Gasteiger charge is -2.16. The van der Waals surface area contributed by atoms with Crippen LogP contribution in [0.1, 0.15) is 21.1 Å². The Morgan fingerprint density at radius 3 is 2.85 bits per heavy atom. The Balaban J connectivity index is 1.71. The summed E-state index contributed by atoms with van der Waals surface area (Å²) >= 11 is 1.56. The van der Waals surface area contributed by atoms with Gasteiger partial charge in [0.05, 0.1) is 27.7 Å². The van der Waals surface area contributed by atoms with Crippen LogP contribution < -0.4 is 5.56 Å². The molecule has 0 spiro atoms. The molecule has 1 N–H and O–H groups in total. The smallest absolute Gasteiger partial charge is 0.274 e. The Hall–Kier alpha value is -3.00. The summed E-state index contributed by atoms with van der Waals surface area (Å²) in [5, 5.41) is 3.83. The van der Waals surface area contributed by atoms with Gasteiger partial charge in [0.2, 0.25) is 0 Å². The van der Waals surface area contributed by atoms with Gasteiger partial charge in [0, 0.05) is 19.8 Å². The van der Waals surface area contributed by atoms with Gasteiger partial charge in [-0.15, -0.1) is 11.3 Å². The summed E-state index contributed by atoms with van der Waals surface area (Å²) in [6.45, 7) is 2.19. The standard InChI is InChI=1S/C18H17N5O2S/c1-10-8-11(15-16(19-10)23(3)21-17(15)24)18(25)22(2)9-14-20-12-6-4-5-7-13(12)26-14/h4-8H,9H2,1-3H3,(H,21,24). The lowest BCUT2D eigenvalue weighted by Crippen LogP contribution is -2.27. The number of fused-ring (bicyclic) bond motifs is 2. The molecular weight excluding hydrogens is 350 g/mol. The molecule has 0 bridgehead atoms. The molecule has 0 radical (unpaired) electrons. The number of rotatable bonds is 3. The van der Waals surface area contributed by atoms with E-state index in [4.69, 9.17) is 0 Å². The predicted octanol–water partition coefficient (Wildman–Crippen LogP) is 2.45. The molecule has 0 aliphatic rings. The number of nitrogens with zero attached hydrogens (tertiary/aromatic N) is 4. The number of benzene rings is 1. The highest BCUT2D eigenvalue weighted by Gasteiger charge is 2.21. The number of thiazole rings is 1. The molecule has 1 aromatic carbocycles. The summed E-state index contributed by atoms with van der Waals surface area (Å²) in [4.78, 5) is 35.8. The molecule has 132 valence electrons. The molecule has 8 heteroatoms. The number of carbonyl (C=O) groups is 1. The second kappa shape index (κ2) is 6.06. The van der Waals surface area contributed by atoms with Gasteiger partial charge in [-0.05, 0) is 25.1 Å². The van der Waals surface area contributed by atoms with Crippen LogP contribution in [0.15, 0.2) is 35.1 Å². The maximum absolute atomic E-state index is 13.0. The van der Waals surface area contributed by atoms with E-state index < -0.39 is 0 Å². The van der Waals surface area contributed by atoms with E-state index in [0.717, 1.165) is 15.2 Å². The van der Waals surface area contributed by atoms with E-state index >= 15 is 0 Å². The fraction of sp³-hybridized carbons (Fsp3) is 0.222. The van der Waals surface area contributed by atoms with E-state index in [0.29, 0.717) is 28.8 Å². The molecule has 0 aliphatic heterocycles. The summed E-state index contributed by atoms with van der Waals surface area (Å²) in [5.74, 6) is -0.226. The monoisotopic (exact) mass is 367 g/mol. The molecule has 26 heavy (non-hydrogen) atoms. The number of pyridine rings is 1. The zero-order valence-corrected chi connectivity index (χ0v) is 15.4. The van der Waals surface area contributed by atoms with E-state index in [9.17, 15) is 9.59 Å². The number of aryl methyl sites for hydroxylation is 2. The first-order valence-electron chi connectivity index (χ1n) is 8.10. The largest absolute Gasteiger partial charge is 0.335 e. The maximum atomic E-state index is 13.0. The highest BCUT2D eigenvalue weighted by Crippen LogP contribution is 2.23. The van der Waals surface area contributed by atoms with Gasteiger partial charge in [-0.3, -0.25) is 19.4 Å².